The van der Waals surface area contributed by atoms with Gasteiger partial charge in [-0.25, -0.2) is 4.98 Å². The predicted molar refractivity (Wildman–Crippen MR) is 106 cm³/mol. The van der Waals surface area contributed by atoms with Crippen LogP contribution in [0.5, 0.6) is 5.75 Å². The number of carbonyl (C=O) groups excluding carboxylic acids is 2. The number of fused-ring (bicyclic) bond motifs is 1. The minimum atomic E-state index is -1.54. The third-order valence-electron chi connectivity index (χ3n) is 5.77. The molecule has 2 aromatic rings. The first-order chi connectivity index (χ1) is 13.5. The van der Waals surface area contributed by atoms with Crippen LogP contribution in [-0.4, -0.2) is 47.4 Å². The smallest absolute Gasteiger partial charge is 0.281 e. The molecule has 1 aromatic carbocycles. The second-order valence-electron chi connectivity index (χ2n) is 7.75. The normalized spacial score (nSPS) is 22.6. The molecule has 0 bridgehead atoms. The van der Waals surface area contributed by atoms with Crippen LogP contribution >= 0.6 is 0 Å². The van der Waals surface area contributed by atoms with Crippen LogP contribution in [-0.2, 0) is 16.0 Å². The van der Waals surface area contributed by atoms with Crippen LogP contribution in [0.15, 0.2) is 48.7 Å². The molecule has 28 heavy (non-hydrogen) atoms. The van der Waals surface area contributed by atoms with Crippen molar-refractivity contribution in [3.05, 3.63) is 54.2 Å². The van der Waals surface area contributed by atoms with Crippen LogP contribution in [0.2, 0.25) is 0 Å². The zero-order valence-corrected chi connectivity index (χ0v) is 16.3. The molecular formula is C22H25N3O3. The summed E-state index contributed by atoms with van der Waals surface area (Å²) < 4.78 is 5.89. The number of nitrogens with zero attached hydrogens (tertiary/aromatic N) is 3. The lowest BCUT2D eigenvalue weighted by atomic mass is 9.89. The maximum absolute atomic E-state index is 13.2. The number of likely N-dealkylation sites (N-methyl/N-ethyl adjacent to an activating group) is 1. The maximum Gasteiger partial charge on any atom is 0.281 e. The van der Waals surface area contributed by atoms with Gasteiger partial charge in [-0.2, -0.15) is 0 Å². The molecule has 2 amide bonds. The second-order valence-corrected chi connectivity index (χ2v) is 7.75. The molecule has 6 heteroatoms. The van der Waals surface area contributed by atoms with Gasteiger partial charge in [-0.05, 0) is 49.8 Å². The SMILES string of the molecule is CN1C(=O)C(C)(C(=O)N2CCC(Cc3ccccc3)CC2)Oc2cccnc21. The average molecular weight is 379 g/mol. The Kier molecular flexibility index (Phi) is 4.79. The summed E-state index contributed by atoms with van der Waals surface area (Å²) in [7, 11) is 1.63. The zero-order chi connectivity index (χ0) is 19.7. The minimum absolute atomic E-state index is 0.267. The molecule has 6 nitrogen and oxygen atoms in total. The summed E-state index contributed by atoms with van der Waals surface area (Å²) in [5.41, 5.74) is -0.215. The van der Waals surface area contributed by atoms with Crippen LogP contribution in [0, 0.1) is 5.92 Å². The average Bonchev–Trinajstić information content (AvgIpc) is 2.73. The number of amides is 2. The Hall–Kier alpha value is -2.89. The Morgan fingerprint density at radius 1 is 1.18 bits per heavy atom. The number of hydrogen-bond donors (Lipinski definition) is 0. The molecule has 0 N–H and O–H groups in total. The highest BCUT2D eigenvalue weighted by atomic mass is 16.5. The molecule has 2 aliphatic rings. The number of benzene rings is 1. The van der Waals surface area contributed by atoms with Gasteiger partial charge in [-0.15, -0.1) is 0 Å². The van der Waals surface area contributed by atoms with Crippen LogP contribution in [0.4, 0.5) is 5.82 Å². The van der Waals surface area contributed by atoms with E-state index in [0.717, 1.165) is 19.3 Å². The third kappa shape index (κ3) is 3.23. The van der Waals surface area contributed by atoms with Gasteiger partial charge in [-0.1, -0.05) is 30.3 Å². The number of likely N-dealkylation sites (tertiary alicyclic amines) is 1. The van der Waals surface area contributed by atoms with Gasteiger partial charge in [0.25, 0.3) is 17.4 Å². The lowest BCUT2D eigenvalue weighted by Crippen LogP contribution is -2.63. The fraction of sp³-hybridized carbons (Fsp3) is 0.409. The topological polar surface area (TPSA) is 62.7 Å². The van der Waals surface area contributed by atoms with E-state index in [1.807, 2.05) is 6.07 Å². The molecule has 4 rings (SSSR count). The van der Waals surface area contributed by atoms with E-state index in [1.54, 1.807) is 37.2 Å². The number of ether oxygens (including phenoxy) is 1. The van der Waals surface area contributed by atoms with Crippen LogP contribution in [0.25, 0.3) is 0 Å². The van der Waals surface area contributed by atoms with Crippen molar-refractivity contribution < 1.29 is 14.3 Å². The molecule has 1 saturated heterocycles. The largest absolute Gasteiger partial charge is 0.464 e. The van der Waals surface area contributed by atoms with E-state index >= 15 is 0 Å². The van der Waals surface area contributed by atoms with Gasteiger partial charge < -0.3 is 9.64 Å². The molecule has 0 spiro atoms. The van der Waals surface area contributed by atoms with E-state index in [1.165, 1.54) is 10.5 Å². The first-order valence-electron chi connectivity index (χ1n) is 9.74. The number of carbonyl (C=O) groups is 2. The Bertz CT molecular complexity index is 878. The van der Waals surface area contributed by atoms with Crippen molar-refractivity contribution in [2.24, 2.45) is 5.92 Å². The maximum atomic E-state index is 13.2. The Morgan fingerprint density at radius 3 is 2.61 bits per heavy atom. The Balaban J connectivity index is 1.44. The molecule has 1 aromatic heterocycles. The molecular weight excluding hydrogens is 354 g/mol. The molecule has 1 atom stereocenters. The van der Waals surface area contributed by atoms with Gasteiger partial charge in [0.1, 0.15) is 0 Å². The van der Waals surface area contributed by atoms with E-state index in [-0.39, 0.29) is 11.8 Å². The van der Waals surface area contributed by atoms with E-state index in [9.17, 15) is 9.59 Å². The Labute approximate surface area is 165 Å². The van der Waals surface area contributed by atoms with Crippen LogP contribution < -0.4 is 9.64 Å². The van der Waals surface area contributed by atoms with E-state index in [2.05, 4.69) is 29.2 Å². The molecule has 2 aliphatic heterocycles. The zero-order valence-electron chi connectivity index (χ0n) is 16.3. The molecule has 146 valence electrons. The number of anilines is 1. The second kappa shape index (κ2) is 7.26. The van der Waals surface area contributed by atoms with Gasteiger partial charge in [0, 0.05) is 26.3 Å². The predicted octanol–water partition coefficient (Wildman–Crippen LogP) is 2.68. The van der Waals surface area contributed by atoms with Crippen molar-refractivity contribution in [1.29, 1.82) is 0 Å². The molecule has 3 heterocycles. The highest BCUT2D eigenvalue weighted by molar-refractivity contribution is 6.15. The van der Waals surface area contributed by atoms with Gasteiger partial charge >= 0.3 is 0 Å². The summed E-state index contributed by atoms with van der Waals surface area (Å²) in [6.07, 6.45) is 4.49. The van der Waals surface area contributed by atoms with Gasteiger partial charge in [-0.3, -0.25) is 14.5 Å². The summed E-state index contributed by atoms with van der Waals surface area (Å²) in [5, 5.41) is 0. The number of piperidine rings is 1. The quantitative estimate of drug-likeness (QED) is 0.770. The van der Waals surface area contributed by atoms with Crippen LogP contribution in [0.3, 0.4) is 0 Å². The number of rotatable bonds is 3. The van der Waals surface area contributed by atoms with Crippen molar-refractivity contribution in [3.8, 4) is 5.75 Å². The van der Waals surface area contributed by atoms with E-state index < -0.39 is 5.60 Å². The summed E-state index contributed by atoms with van der Waals surface area (Å²) in [4.78, 5) is 33.5. The minimum Gasteiger partial charge on any atom is -0.464 e. The van der Waals surface area contributed by atoms with Crippen molar-refractivity contribution in [2.75, 3.05) is 25.0 Å². The summed E-state index contributed by atoms with van der Waals surface area (Å²) in [6, 6.07) is 13.9. The first-order valence-corrected chi connectivity index (χ1v) is 9.74. The number of aromatic nitrogens is 1. The lowest BCUT2D eigenvalue weighted by molar-refractivity contribution is -0.156. The highest BCUT2D eigenvalue weighted by Crippen LogP contribution is 2.36. The fourth-order valence-electron chi connectivity index (χ4n) is 4.12. The molecule has 0 radical (unpaired) electrons. The summed E-state index contributed by atoms with van der Waals surface area (Å²) in [6.45, 7) is 2.86. The number of pyridine rings is 1. The van der Waals surface area contributed by atoms with Gasteiger partial charge in [0.2, 0.25) is 0 Å². The third-order valence-corrected chi connectivity index (χ3v) is 5.77. The molecule has 0 aliphatic carbocycles. The highest BCUT2D eigenvalue weighted by Gasteiger charge is 2.52. The van der Waals surface area contributed by atoms with E-state index in [0.29, 0.717) is 30.6 Å². The summed E-state index contributed by atoms with van der Waals surface area (Å²) in [5.74, 6) is 0.806. The monoisotopic (exact) mass is 379 g/mol. The molecule has 1 fully saturated rings. The lowest BCUT2D eigenvalue weighted by Gasteiger charge is -2.41. The first kappa shape index (κ1) is 18.5. The van der Waals surface area contributed by atoms with Crippen molar-refractivity contribution in [1.82, 2.24) is 9.88 Å². The Morgan fingerprint density at radius 2 is 1.89 bits per heavy atom. The summed E-state index contributed by atoms with van der Waals surface area (Å²) >= 11 is 0. The van der Waals surface area contributed by atoms with Crippen molar-refractivity contribution in [2.45, 2.75) is 31.8 Å². The molecule has 0 saturated carbocycles. The van der Waals surface area contributed by atoms with Crippen LogP contribution in [0.1, 0.15) is 25.3 Å². The van der Waals surface area contributed by atoms with Gasteiger partial charge in [0.05, 0.1) is 0 Å². The fourth-order valence-corrected chi connectivity index (χ4v) is 4.12. The van der Waals surface area contributed by atoms with E-state index in [4.69, 9.17) is 4.74 Å². The van der Waals surface area contributed by atoms with Gasteiger partial charge in [0.15, 0.2) is 11.6 Å². The van der Waals surface area contributed by atoms with Crippen molar-refractivity contribution >= 4 is 17.6 Å². The number of hydrogen-bond acceptors (Lipinski definition) is 4. The standard InChI is InChI=1S/C22H25N3O3/c1-22(20(26)24(2)19-18(28-22)9-6-12-23-19)21(27)25-13-10-17(11-14-25)15-16-7-4-3-5-8-16/h3-9,12,17H,10-11,13-15H2,1-2H3. The van der Waals surface area contributed by atoms with Crippen molar-refractivity contribution in [3.63, 3.8) is 0 Å². The molecule has 1 unspecified atom stereocenters.